The van der Waals surface area contributed by atoms with E-state index in [2.05, 4.69) is 10.1 Å². The van der Waals surface area contributed by atoms with Crippen molar-refractivity contribution in [1.82, 2.24) is 10.2 Å². The number of fused-ring (bicyclic) bond motifs is 3. The Balaban J connectivity index is 1.41. The second kappa shape index (κ2) is 8.43. The van der Waals surface area contributed by atoms with Gasteiger partial charge in [-0.25, -0.2) is 4.79 Å². The summed E-state index contributed by atoms with van der Waals surface area (Å²) in [5.41, 5.74) is 4.69. The molecule has 2 aromatic carbocycles. The Morgan fingerprint density at radius 3 is 2.61 bits per heavy atom. The van der Waals surface area contributed by atoms with Crippen molar-refractivity contribution in [3.8, 4) is 11.1 Å². The highest BCUT2D eigenvalue weighted by Gasteiger charge is 2.41. The molecule has 0 aromatic heterocycles. The third kappa shape index (κ3) is 4.27. The van der Waals surface area contributed by atoms with E-state index in [4.69, 9.17) is 0 Å². The Kier molecular flexibility index (Phi) is 5.69. The van der Waals surface area contributed by atoms with Gasteiger partial charge in [-0.2, -0.15) is 8.78 Å². The van der Waals surface area contributed by atoms with Gasteiger partial charge in [0.15, 0.2) is 0 Å². The number of carbonyl (C=O) groups is 3. The predicted octanol–water partition coefficient (Wildman–Crippen LogP) is 2.28. The van der Waals surface area contributed by atoms with Crippen molar-refractivity contribution in [2.24, 2.45) is 0 Å². The summed E-state index contributed by atoms with van der Waals surface area (Å²) in [6.07, 6.45) is -0.513. The predicted molar refractivity (Wildman–Crippen MR) is 106 cm³/mol. The number of alkyl halides is 2. The van der Waals surface area contributed by atoms with Gasteiger partial charge in [-0.1, -0.05) is 30.3 Å². The number of nitrogens with zero attached hydrogens (tertiary/aromatic N) is 1. The number of carbonyl (C=O) groups excluding carboxylic acids is 2. The Hall–Kier alpha value is -3.33. The lowest BCUT2D eigenvalue weighted by Crippen LogP contribution is -2.45. The minimum absolute atomic E-state index is 0.233. The Labute approximate surface area is 176 Å². The topological polar surface area (TPSA) is 95.9 Å². The minimum Gasteiger partial charge on any atom is -0.480 e. The Morgan fingerprint density at radius 2 is 1.87 bits per heavy atom. The molecule has 0 bridgehead atoms. The number of aliphatic carboxylic acids is 1. The van der Waals surface area contributed by atoms with Crippen LogP contribution in [0.1, 0.15) is 27.9 Å². The number of halogens is 2. The molecule has 2 amide bonds. The Morgan fingerprint density at radius 1 is 1.13 bits per heavy atom. The summed E-state index contributed by atoms with van der Waals surface area (Å²) in [5.74, 6) is -2.46. The van der Waals surface area contributed by atoms with E-state index in [9.17, 15) is 28.3 Å². The second-order valence-corrected chi connectivity index (χ2v) is 7.54. The minimum atomic E-state index is -3.06. The number of hydrogen-bond donors (Lipinski definition) is 2. The summed E-state index contributed by atoms with van der Waals surface area (Å²) < 4.78 is 29.2. The number of carboxylic acid groups (broad SMARTS) is 1. The lowest BCUT2D eigenvalue weighted by molar-refractivity contribution is -0.160. The molecule has 7 nitrogen and oxygen atoms in total. The van der Waals surface area contributed by atoms with Crippen molar-refractivity contribution in [3.63, 3.8) is 0 Å². The molecule has 2 N–H and O–H groups in total. The molecule has 1 heterocycles. The van der Waals surface area contributed by atoms with Crippen LogP contribution >= 0.6 is 0 Å². The van der Waals surface area contributed by atoms with E-state index in [0.29, 0.717) is 5.56 Å². The average Bonchev–Trinajstić information content (AvgIpc) is 3.32. The fourth-order valence-electron chi connectivity index (χ4n) is 4.18. The summed E-state index contributed by atoms with van der Waals surface area (Å²) >= 11 is 0. The molecule has 4 rings (SSSR count). The van der Waals surface area contributed by atoms with Gasteiger partial charge >= 0.3 is 12.6 Å². The van der Waals surface area contributed by atoms with Crippen molar-refractivity contribution in [1.29, 1.82) is 0 Å². The molecule has 2 aromatic rings. The quantitative estimate of drug-likeness (QED) is 0.626. The lowest BCUT2D eigenvalue weighted by Gasteiger charge is -2.21. The van der Waals surface area contributed by atoms with Gasteiger partial charge in [0.2, 0.25) is 5.91 Å². The third-order valence-corrected chi connectivity index (χ3v) is 5.62. The molecule has 9 heteroatoms. The van der Waals surface area contributed by atoms with Crippen LogP contribution in [0.5, 0.6) is 0 Å². The second-order valence-electron chi connectivity index (χ2n) is 7.54. The van der Waals surface area contributed by atoms with Crippen LogP contribution in [0.4, 0.5) is 8.78 Å². The third-order valence-electron chi connectivity index (χ3n) is 5.62. The molecule has 0 spiro atoms. The first kappa shape index (κ1) is 20.9. The molecule has 0 radical (unpaired) electrons. The number of carboxylic acids is 1. The first-order chi connectivity index (χ1) is 14.8. The molecule has 162 valence electrons. The maximum Gasteiger partial charge on any atom is 0.345 e. The van der Waals surface area contributed by atoms with Crippen LogP contribution in [-0.2, 0) is 20.7 Å². The molecule has 31 heavy (non-hydrogen) atoms. The van der Waals surface area contributed by atoms with Crippen molar-refractivity contribution >= 4 is 17.8 Å². The molecule has 1 fully saturated rings. The first-order valence-corrected chi connectivity index (χ1v) is 9.78. The number of likely N-dealkylation sites (tertiary alicyclic amines) is 1. The molecule has 0 saturated carbocycles. The molecule has 1 aliphatic heterocycles. The maximum atomic E-state index is 12.6. The number of rotatable bonds is 6. The normalized spacial score (nSPS) is 19.3. The number of hydrogen-bond acceptors (Lipinski definition) is 4. The first-order valence-electron chi connectivity index (χ1n) is 9.78. The van der Waals surface area contributed by atoms with E-state index >= 15 is 0 Å². The summed E-state index contributed by atoms with van der Waals surface area (Å²) in [4.78, 5) is 37.4. The van der Waals surface area contributed by atoms with Crippen molar-refractivity contribution in [3.05, 3.63) is 59.2 Å². The van der Waals surface area contributed by atoms with E-state index in [0.717, 1.165) is 28.0 Å². The number of nitrogens with one attached hydrogen (secondary N) is 1. The molecule has 1 saturated heterocycles. The molecule has 1 aliphatic carbocycles. The SMILES string of the molecule is O=C(NCC(=O)N1CC(OC(F)F)CC1C(=O)O)c1ccc2c(c1)-c1ccccc1C2. The van der Waals surface area contributed by atoms with E-state index in [1.54, 1.807) is 12.1 Å². The van der Waals surface area contributed by atoms with Crippen LogP contribution < -0.4 is 5.32 Å². The van der Waals surface area contributed by atoms with Crippen LogP contribution in [0, 0.1) is 0 Å². The lowest BCUT2D eigenvalue weighted by atomic mass is 10.0. The van der Waals surface area contributed by atoms with Crippen molar-refractivity contribution in [2.45, 2.75) is 31.6 Å². The van der Waals surface area contributed by atoms with Crippen LogP contribution in [0.15, 0.2) is 42.5 Å². The van der Waals surface area contributed by atoms with Gasteiger partial charge < -0.3 is 20.1 Å². The number of ether oxygens (including phenoxy) is 1. The van der Waals surface area contributed by atoms with E-state index in [-0.39, 0.29) is 13.0 Å². The van der Waals surface area contributed by atoms with Gasteiger partial charge in [0.1, 0.15) is 6.04 Å². The zero-order valence-corrected chi connectivity index (χ0v) is 16.4. The zero-order valence-electron chi connectivity index (χ0n) is 16.4. The summed E-state index contributed by atoms with van der Waals surface area (Å²) in [5, 5.41) is 11.8. The fourth-order valence-corrected chi connectivity index (χ4v) is 4.18. The monoisotopic (exact) mass is 430 g/mol. The van der Waals surface area contributed by atoms with Gasteiger partial charge in [-0.3, -0.25) is 9.59 Å². The van der Waals surface area contributed by atoms with E-state index < -0.39 is 43.1 Å². The van der Waals surface area contributed by atoms with Crippen LogP contribution in [0.3, 0.4) is 0 Å². The molecule has 2 aliphatic rings. The van der Waals surface area contributed by atoms with Crippen LogP contribution in [0.25, 0.3) is 11.1 Å². The zero-order chi connectivity index (χ0) is 22.1. The van der Waals surface area contributed by atoms with E-state index in [1.807, 2.05) is 30.3 Å². The highest BCUT2D eigenvalue weighted by atomic mass is 19.3. The van der Waals surface area contributed by atoms with Crippen molar-refractivity contribution < 1.29 is 33.0 Å². The maximum absolute atomic E-state index is 12.6. The highest BCUT2D eigenvalue weighted by Crippen LogP contribution is 2.36. The molecule has 2 atom stereocenters. The van der Waals surface area contributed by atoms with Crippen molar-refractivity contribution in [2.75, 3.05) is 13.1 Å². The average molecular weight is 430 g/mol. The fraction of sp³-hybridized carbons (Fsp3) is 0.318. The highest BCUT2D eigenvalue weighted by molar-refractivity contribution is 5.98. The molecular weight excluding hydrogens is 410 g/mol. The molecular formula is C22H20F2N2O5. The van der Waals surface area contributed by atoms with Crippen LogP contribution in [0.2, 0.25) is 0 Å². The summed E-state index contributed by atoms with van der Waals surface area (Å²) in [7, 11) is 0. The van der Waals surface area contributed by atoms with Crippen LogP contribution in [-0.4, -0.2) is 59.6 Å². The van der Waals surface area contributed by atoms with Gasteiger partial charge in [0.05, 0.1) is 12.6 Å². The largest absolute Gasteiger partial charge is 0.480 e. The van der Waals surface area contributed by atoms with Gasteiger partial charge in [-0.05, 0) is 40.8 Å². The smallest absolute Gasteiger partial charge is 0.345 e. The van der Waals surface area contributed by atoms with Gasteiger partial charge in [-0.15, -0.1) is 0 Å². The number of amides is 2. The standard InChI is InChI=1S/C22H20F2N2O5/c23-22(24)31-15-9-18(21(29)30)26(11-15)19(27)10-25-20(28)14-6-5-13-7-12-3-1-2-4-16(12)17(13)8-14/h1-6,8,15,18,22H,7,9-11H2,(H,25,28)(H,29,30). The van der Waals surface area contributed by atoms with Gasteiger partial charge in [0, 0.05) is 18.5 Å². The summed E-state index contributed by atoms with van der Waals surface area (Å²) in [6.45, 7) is -3.78. The van der Waals surface area contributed by atoms with E-state index in [1.165, 1.54) is 5.56 Å². The summed E-state index contributed by atoms with van der Waals surface area (Å²) in [6, 6.07) is 12.0. The van der Waals surface area contributed by atoms with Gasteiger partial charge in [0.25, 0.3) is 5.91 Å². The molecule has 2 unspecified atom stereocenters. The number of benzene rings is 2. The Bertz CT molecular complexity index is 1040.